The van der Waals surface area contributed by atoms with Crippen molar-refractivity contribution in [1.29, 1.82) is 0 Å². The van der Waals surface area contributed by atoms with Gasteiger partial charge in [0, 0.05) is 0 Å². The molecule has 0 bridgehead atoms. The number of pyridine rings is 1. The summed E-state index contributed by atoms with van der Waals surface area (Å²) >= 11 is -4.52. The Morgan fingerprint density at radius 1 is 0.824 bits per heavy atom. The number of aromatic nitrogens is 1. The van der Waals surface area contributed by atoms with E-state index >= 15 is 0 Å². The molecule has 1 aromatic heterocycles. The molecule has 3 heteroatoms. The average Bonchev–Trinajstić information content (AvgIpc) is 2.99. The van der Waals surface area contributed by atoms with Gasteiger partial charge in [-0.25, -0.2) is 0 Å². The van der Waals surface area contributed by atoms with Gasteiger partial charge in [0.25, 0.3) is 0 Å². The summed E-state index contributed by atoms with van der Waals surface area (Å²) in [6, 6.07) is 20.8. The number of nitrogens with zero attached hydrogens (tertiary/aromatic N) is 1. The van der Waals surface area contributed by atoms with Crippen LogP contribution in [0.25, 0.3) is 33.2 Å². The van der Waals surface area contributed by atoms with E-state index in [1.807, 2.05) is 6.20 Å². The predicted octanol–water partition coefficient (Wildman–Crippen LogP) is 6.86. The molecule has 0 saturated carbocycles. The zero-order valence-corrected chi connectivity index (χ0v) is 26.4. The van der Waals surface area contributed by atoms with Gasteiger partial charge in [-0.2, -0.15) is 0 Å². The van der Waals surface area contributed by atoms with Crippen LogP contribution in [0.1, 0.15) is 31.9 Å². The summed E-state index contributed by atoms with van der Waals surface area (Å²) in [7, 11) is 0. The van der Waals surface area contributed by atoms with E-state index in [4.69, 9.17) is 4.98 Å². The molecule has 34 heavy (non-hydrogen) atoms. The molecular formula is C31H37Ge2N. The molecule has 1 aliphatic rings. The van der Waals surface area contributed by atoms with E-state index in [1.54, 1.807) is 18.8 Å². The summed E-state index contributed by atoms with van der Waals surface area (Å²) < 4.78 is 4.92. The molecule has 4 aromatic rings. The van der Waals surface area contributed by atoms with Crippen molar-refractivity contribution in [3.8, 4) is 22.4 Å². The SMILES string of the molecule is Cc1[c]([Ge]([CH3])([CH3])[CH3])ccc2[c]1[Ge]([CH3])([CH3])[c]1c-2ccnc1-c1cc(C(C)(C)C)c2ccccc2c1. The van der Waals surface area contributed by atoms with Crippen LogP contribution in [0.15, 0.2) is 60.8 Å². The first-order chi connectivity index (χ1) is 15.8. The van der Waals surface area contributed by atoms with Crippen LogP contribution in [0.5, 0.6) is 0 Å². The predicted molar refractivity (Wildman–Crippen MR) is 156 cm³/mol. The van der Waals surface area contributed by atoms with E-state index in [9.17, 15) is 0 Å². The minimum atomic E-state index is -2.57. The van der Waals surface area contributed by atoms with Gasteiger partial charge in [0.05, 0.1) is 0 Å². The van der Waals surface area contributed by atoms with Gasteiger partial charge >= 0.3 is 212 Å². The van der Waals surface area contributed by atoms with Gasteiger partial charge in [-0.15, -0.1) is 0 Å². The fraction of sp³-hybridized carbons (Fsp3) is 0.323. The molecule has 2 heterocycles. The molecule has 0 radical (unpaired) electrons. The second kappa shape index (κ2) is 7.83. The number of benzene rings is 3. The third kappa shape index (κ3) is 3.62. The van der Waals surface area contributed by atoms with Crippen LogP contribution in [0.2, 0.25) is 28.8 Å². The van der Waals surface area contributed by atoms with Crippen molar-refractivity contribution in [3.05, 3.63) is 71.9 Å². The molecule has 0 N–H and O–H groups in total. The Morgan fingerprint density at radius 2 is 1.50 bits per heavy atom. The molecule has 0 spiro atoms. The van der Waals surface area contributed by atoms with Crippen LogP contribution in [-0.4, -0.2) is 31.5 Å². The maximum atomic E-state index is 5.09. The van der Waals surface area contributed by atoms with Gasteiger partial charge in [-0.05, 0) is 0 Å². The van der Waals surface area contributed by atoms with Crippen molar-refractivity contribution in [2.45, 2.75) is 61.9 Å². The van der Waals surface area contributed by atoms with Gasteiger partial charge < -0.3 is 0 Å². The van der Waals surface area contributed by atoms with Crippen molar-refractivity contribution in [2.75, 3.05) is 0 Å². The third-order valence-corrected chi connectivity index (χ3v) is 19.9. The van der Waals surface area contributed by atoms with Crippen molar-refractivity contribution in [3.63, 3.8) is 0 Å². The Labute approximate surface area is 210 Å². The summed E-state index contributed by atoms with van der Waals surface area (Å²) in [6.45, 7) is 9.37. The maximum absolute atomic E-state index is 5.09. The molecule has 5 rings (SSSR count). The van der Waals surface area contributed by atoms with Crippen LogP contribution in [-0.2, 0) is 5.41 Å². The van der Waals surface area contributed by atoms with E-state index in [0.29, 0.717) is 0 Å². The summed E-state index contributed by atoms with van der Waals surface area (Å²) in [5.41, 5.74) is 8.47. The van der Waals surface area contributed by atoms with E-state index in [2.05, 4.69) is 111 Å². The fourth-order valence-electron chi connectivity index (χ4n) is 6.28. The Morgan fingerprint density at radius 3 is 2.18 bits per heavy atom. The summed E-state index contributed by atoms with van der Waals surface area (Å²) in [4.78, 5) is 5.09. The molecule has 3 aromatic carbocycles. The quantitative estimate of drug-likeness (QED) is 0.241. The van der Waals surface area contributed by atoms with Gasteiger partial charge in [0.2, 0.25) is 0 Å². The Kier molecular flexibility index (Phi) is 5.50. The zero-order chi connectivity index (χ0) is 24.6. The number of rotatable bonds is 2. The molecule has 0 atom stereocenters. The number of fused-ring (bicyclic) bond motifs is 4. The fourth-order valence-corrected chi connectivity index (χ4v) is 18.9. The van der Waals surface area contributed by atoms with E-state index in [1.165, 1.54) is 38.7 Å². The molecule has 1 aliphatic heterocycles. The molecule has 0 amide bonds. The summed E-state index contributed by atoms with van der Waals surface area (Å²) in [5.74, 6) is 12.7. The molecule has 0 aliphatic carbocycles. The van der Waals surface area contributed by atoms with Crippen LogP contribution in [0, 0.1) is 6.92 Å². The van der Waals surface area contributed by atoms with E-state index in [-0.39, 0.29) is 5.41 Å². The Balaban J connectivity index is 1.81. The normalized spacial score (nSPS) is 14.9. The van der Waals surface area contributed by atoms with Crippen molar-refractivity contribution in [1.82, 2.24) is 4.98 Å². The third-order valence-electron chi connectivity index (χ3n) is 7.71. The van der Waals surface area contributed by atoms with Gasteiger partial charge in [-0.3, -0.25) is 0 Å². The molecule has 0 fully saturated rings. The standard InChI is InChI=1S/C31H37Ge2N/c1-20-27(32(5,6)7)15-14-24-25-16-17-34-30(29(25)33(8,9)28(20)24)22-18-21-12-10-11-13-23(21)26(19-22)31(2,3)4/h10-19H,1-9H3. The molecular weight excluding hydrogens is 532 g/mol. The van der Waals surface area contributed by atoms with E-state index in [0.717, 1.165) is 0 Å². The van der Waals surface area contributed by atoms with Gasteiger partial charge in [-0.1, -0.05) is 0 Å². The number of hydrogen-bond acceptors (Lipinski definition) is 1. The van der Waals surface area contributed by atoms with Gasteiger partial charge in [0.15, 0.2) is 0 Å². The average molecular weight is 569 g/mol. The molecule has 1 nitrogen and oxygen atoms in total. The number of hydrogen-bond donors (Lipinski definition) is 0. The summed E-state index contributed by atoms with van der Waals surface area (Å²) in [5, 5.41) is 2.66. The molecule has 0 unspecified atom stereocenters. The van der Waals surface area contributed by atoms with E-state index < -0.39 is 26.5 Å². The minimum absolute atomic E-state index is 0.0674. The van der Waals surface area contributed by atoms with Crippen LogP contribution in [0.4, 0.5) is 0 Å². The first-order valence-corrected chi connectivity index (χ1v) is 26.1. The first kappa shape index (κ1) is 23.9. The van der Waals surface area contributed by atoms with Gasteiger partial charge in [0.1, 0.15) is 0 Å². The summed E-state index contributed by atoms with van der Waals surface area (Å²) in [6.07, 6.45) is 2.04. The topological polar surface area (TPSA) is 12.9 Å². The molecule has 174 valence electrons. The Bertz CT molecular complexity index is 1450. The second-order valence-corrected chi connectivity index (χ2v) is 32.1. The van der Waals surface area contributed by atoms with Crippen LogP contribution < -0.4 is 13.2 Å². The van der Waals surface area contributed by atoms with Crippen molar-refractivity contribution in [2.24, 2.45) is 0 Å². The zero-order valence-electron chi connectivity index (χ0n) is 22.2. The Hall–Kier alpha value is -1.84. The van der Waals surface area contributed by atoms with Crippen LogP contribution in [0.3, 0.4) is 0 Å². The van der Waals surface area contributed by atoms with Crippen molar-refractivity contribution >= 4 is 50.5 Å². The second-order valence-electron chi connectivity index (χ2n) is 12.6. The monoisotopic (exact) mass is 571 g/mol. The first-order valence-electron chi connectivity index (χ1n) is 12.5. The molecule has 0 saturated heterocycles. The van der Waals surface area contributed by atoms with Crippen molar-refractivity contribution < 1.29 is 0 Å². The van der Waals surface area contributed by atoms with Crippen LogP contribution >= 0.6 is 0 Å².